The lowest BCUT2D eigenvalue weighted by atomic mass is 9.73. The van der Waals surface area contributed by atoms with Crippen molar-refractivity contribution in [2.24, 2.45) is 0 Å². The molecule has 6 aromatic carbocycles. The third-order valence-corrected chi connectivity index (χ3v) is 13.2. The molecule has 0 bridgehead atoms. The van der Waals surface area contributed by atoms with E-state index in [4.69, 9.17) is 14.5 Å². The van der Waals surface area contributed by atoms with Crippen LogP contribution in [0.1, 0.15) is 104 Å². The molecular formula is C57H58N4O2. The van der Waals surface area contributed by atoms with E-state index in [1.807, 2.05) is 12.3 Å². The van der Waals surface area contributed by atoms with Gasteiger partial charge in [-0.3, -0.25) is 4.57 Å². The van der Waals surface area contributed by atoms with Crippen LogP contribution >= 0.6 is 0 Å². The SMILES string of the molecule is CC(C)(C)c1ccnc(-n2c3ccc(C(C)(C)C)cc3c3ccc(Oc4cccc(N5CN(c6ccccc6)c6c5ccc5c6Oc6ccc(C(C)(C)C)cc6C5(C)C)c4)cc32)c1. The summed E-state index contributed by atoms with van der Waals surface area (Å²) in [7, 11) is 0. The molecule has 0 saturated carbocycles. The van der Waals surface area contributed by atoms with E-state index in [1.54, 1.807) is 0 Å². The van der Waals surface area contributed by atoms with Crippen molar-refractivity contribution in [1.29, 1.82) is 0 Å². The van der Waals surface area contributed by atoms with Gasteiger partial charge in [0.05, 0.1) is 16.7 Å². The molecule has 0 unspecified atom stereocenters. The van der Waals surface area contributed by atoms with E-state index in [9.17, 15) is 0 Å². The van der Waals surface area contributed by atoms with Crippen molar-refractivity contribution in [2.45, 2.75) is 97.8 Å². The smallest absolute Gasteiger partial charge is 0.157 e. The topological polar surface area (TPSA) is 42.8 Å². The summed E-state index contributed by atoms with van der Waals surface area (Å²) in [5.41, 5.74) is 12.5. The third-order valence-electron chi connectivity index (χ3n) is 13.2. The highest BCUT2D eigenvalue weighted by Crippen LogP contribution is 2.58. The van der Waals surface area contributed by atoms with Crippen LogP contribution in [0.4, 0.5) is 22.7 Å². The summed E-state index contributed by atoms with van der Waals surface area (Å²) in [6, 6.07) is 48.0. The van der Waals surface area contributed by atoms with Crippen molar-refractivity contribution in [3.05, 3.63) is 167 Å². The van der Waals surface area contributed by atoms with E-state index < -0.39 is 0 Å². The Morgan fingerprint density at radius 2 is 1.24 bits per heavy atom. The number of benzene rings is 6. The summed E-state index contributed by atoms with van der Waals surface area (Å²) in [4.78, 5) is 9.69. The monoisotopic (exact) mass is 830 g/mol. The molecule has 0 aliphatic carbocycles. The van der Waals surface area contributed by atoms with E-state index in [0.29, 0.717) is 6.67 Å². The molecule has 2 aliphatic rings. The van der Waals surface area contributed by atoms with Crippen LogP contribution in [-0.4, -0.2) is 16.2 Å². The van der Waals surface area contributed by atoms with Crippen LogP contribution in [0.25, 0.3) is 27.6 Å². The van der Waals surface area contributed by atoms with Crippen LogP contribution in [0.2, 0.25) is 0 Å². The van der Waals surface area contributed by atoms with Crippen molar-refractivity contribution in [3.8, 4) is 28.8 Å². The molecule has 0 amide bonds. The van der Waals surface area contributed by atoms with Crippen molar-refractivity contribution >= 4 is 44.6 Å². The Balaban J connectivity index is 1.05. The molecule has 2 aliphatic heterocycles. The highest BCUT2D eigenvalue weighted by molar-refractivity contribution is 6.10. The number of rotatable bonds is 5. The first kappa shape index (κ1) is 40.5. The van der Waals surface area contributed by atoms with Gasteiger partial charge in [-0.25, -0.2) is 4.98 Å². The van der Waals surface area contributed by atoms with E-state index in [1.165, 1.54) is 38.6 Å². The van der Waals surface area contributed by atoms with Crippen molar-refractivity contribution in [1.82, 2.24) is 9.55 Å². The lowest BCUT2D eigenvalue weighted by Gasteiger charge is -2.37. The fourth-order valence-electron chi connectivity index (χ4n) is 9.43. The molecule has 0 fully saturated rings. The van der Waals surface area contributed by atoms with Crippen LogP contribution < -0.4 is 19.3 Å². The molecule has 0 spiro atoms. The van der Waals surface area contributed by atoms with E-state index in [2.05, 4.69) is 218 Å². The Labute approximate surface area is 372 Å². The van der Waals surface area contributed by atoms with Gasteiger partial charge < -0.3 is 19.3 Å². The zero-order valence-electron chi connectivity index (χ0n) is 38.6. The molecule has 6 heteroatoms. The van der Waals surface area contributed by atoms with Gasteiger partial charge >= 0.3 is 0 Å². The number of fused-ring (bicyclic) bond motifs is 7. The van der Waals surface area contributed by atoms with Crippen LogP contribution in [0.5, 0.6) is 23.0 Å². The van der Waals surface area contributed by atoms with Gasteiger partial charge in [0.15, 0.2) is 5.75 Å². The molecule has 2 aromatic heterocycles. The van der Waals surface area contributed by atoms with Gasteiger partial charge in [0.2, 0.25) is 0 Å². The number of aromatic nitrogens is 2. The van der Waals surface area contributed by atoms with Gasteiger partial charge in [-0.2, -0.15) is 0 Å². The van der Waals surface area contributed by atoms with Crippen LogP contribution in [-0.2, 0) is 21.7 Å². The van der Waals surface area contributed by atoms with Crippen molar-refractivity contribution < 1.29 is 9.47 Å². The fourth-order valence-corrected chi connectivity index (χ4v) is 9.43. The molecule has 0 saturated heterocycles. The number of anilines is 4. The molecule has 0 radical (unpaired) electrons. The van der Waals surface area contributed by atoms with Crippen LogP contribution in [0.15, 0.2) is 140 Å². The minimum Gasteiger partial charge on any atom is -0.457 e. The normalized spacial score (nSPS) is 14.7. The van der Waals surface area contributed by atoms with Gasteiger partial charge in [-0.05, 0) is 106 Å². The second-order valence-electron chi connectivity index (χ2n) is 21.1. The molecule has 10 rings (SSSR count). The molecule has 6 nitrogen and oxygen atoms in total. The summed E-state index contributed by atoms with van der Waals surface area (Å²) in [5, 5.41) is 2.37. The lowest BCUT2D eigenvalue weighted by molar-refractivity contribution is 0.418. The van der Waals surface area contributed by atoms with E-state index >= 15 is 0 Å². The number of nitrogens with zero attached hydrogens (tertiary/aromatic N) is 4. The number of para-hydroxylation sites is 1. The van der Waals surface area contributed by atoms with Gasteiger partial charge in [-0.1, -0.05) is 125 Å². The Morgan fingerprint density at radius 3 is 1.98 bits per heavy atom. The molecule has 63 heavy (non-hydrogen) atoms. The average molecular weight is 831 g/mol. The second kappa shape index (κ2) is 14.2. The molecular weight excluding hydrogens is 773 g/mol. The summed E-state index contributed by atoms with van der Waals surface area (Å²) < 4.78 is 16.1. The number of ether oxygens (including phenoxy) is 2. The molecule has 8 aromatic rings. The molecule has 0 N–H and O–H groups in total. The maximum atomic E-state index is 7.01. The standard InChI is InChI=1S/C57H58N4O2/c1-54(2,3)36-20-25-47-44(30-36)43-23-22-42(34-49(43)61(47)51-32-38(28-29-58-51)56(7,8)9)62-41-19-15-18-40(33-41)59-35-60(39-16-13-12-14-17-39)52-48(59)26-24-45-53(52)63-50-27-21-37(55(4,5)6)31-46(50)57(45,10)11/h12-34H,35H2,1-11H3. The zero-order chi connectivity index (χ0) is 44.2. The zero-order valence-corrected chi connectivity index (χ0v) is 38.6. The van der Waals surface area contributed by atoms with Crippen LogP contribution in [0, 0.1) is 0 Å². The van der Waals surface area contributed by atoms with Gasteiger partial charge in [0.25, 0.3) is 0 Å². The number of hydrogen-bond donors (Lipinski definition) is 0. The van der Waals surface area contributed by atoms with Gasteiger partial charge in [0, 0.05) is 57.0 Å². The predicted molar refractivity (Wildman–Crippen MR) is 262 cm³/mol. The molecule has 0 atom stereocenters. The first-order valence-electron chi connectivity index (χ1n) is 22.3. The van der Waals surface area contributed by atoms with E-state index in [-0.39, 0.29) is 21.7 Å². The Hall–Kier alpha value is -6.53. The minimum absolute atomic E-state index is 0.0138. The fraction of sp³-hybridized carbons (Fsp3) is 0.281. The first-order valence-corrected chi connectivity index (χ1v) is 22.3. The Bertz CT molecular complexity index is 3080. The van der Waals surface area contributed by atoms with Gasteiger partial charge in [-0.15, -0.1) is 0 Å². The van der Waals surface area contributed by atoms with Crippen molar-refractivity contribution in [3.63, 3.8) is 0 Å². The predicted octanol–water partition coefficient (Wildman–Crippen LogP) is 15.5. The summed E-state index contributed by atoms with van der Waals surface area (Å²) in [5.74, 6) is 4.24. The maximum absolute atomic E-state index is 7.01. The summed E-state index contributed by atoms with van der Waals surface area (Å²) in [6.45, 7) is 25.6. The molecule has 318 valence electrons. The maximum Gasteiger partial charge on any atom is 0.157 e. The molecule has 4 heterocycles. The quantitative estimate of drug-likeness (QED) is 0.173. The first-order chi connectivity index (χ1) is 29.9. The highest BCUT2D eigenvalue weighted by atomic mass is 16.5. The van der Waals surface area contributed by atoms with Gasteiger partial charge in [0.1, 0.15) is 35.4 Å². The largest absolute Gasteiger partial charge is 0.457 e. The highest BCUT2D eigenvalue weighted by Gasteiger charge is 2.41. The lowest BCUT2D eigenvalue weighted by Crippen LogP contribution is -2.27. The summed E-state index contributed by atoms with van der Waals surface area (Å²) >= 11 is 0. The Morgan fingerprint density at radius 1 is 0.556 bits per heavy atom. The second-order valence-corrected chi connectivity index (χ2v) is 21.1. The summed E-state index contributed by atoms with van der Waals surface area (Å²) in [6.07, 6.45) is 1.93. The average Bonchev–Trinajstić information content (AvgIpc) is 3.79. The third kappa shape index (κ3) is 6.91. The van der Waals surface area contributed by atoms with E-state index in [0.717, 1.165) is 62.6 Å². The minimum atomic E-state index is -0.268. The number of pyridine rings is 1. The van der Waals surface area contributed by atoms with Crippen LogP contribution in [0.3, 0.4) is 0 Å². The number of hydrogen-bond acceptors (Lipinski definition) is 5. The van der Waals surface area contributed by atoms with Crippen molar-refractivity contribution in [2.75, 3.05) is 16.5 Å². The Kier molecular flexibility index (Phi) is 9.17.